The fourth-order valence-electron chi connectivity index (χ4n) is 1.83. The second-order valence-electron chi connectivity index (χ2n) is 3.71. The number of rotatable bonds is 1. The molecule has 0 N–H and O–H groups in total. The summed E-state index contributed by atoms with van der Waals surface area (Å²) in [6.07, 6.45) is 1.01. The first-order valence-corrected chi connectivity index (χ1v) is 7.30. The van der Waals surface area contributed by atoms with E-state index in [9.17, 15) is 0 Å². The normalized spacial score (nSPS) is 15.8. The molecule has 2 aromatic rings. The molecule has 1 aliphatic heterocycles. The van der Waals surface area contributed by atoms with Crippen molar-refractivity contribution in [3.05, 3.63) is 16.2 Å². The SMILES string of the molecule is Cc1nc(-c2nnc3n2CCSCC3)cs1. The van der Waals surface area contributed by atoms with Crippen molar-refractivity contribution in [1.82, 2.24) is 19.7 Å². The van der Waals surface area contributed by atoms with Gasteiger partial charge in [-0.1, -0.05) is 0 Å². The van der Waals surface area contributed by atoms with Gasteiger partial charge in [-0.25, -0.2) is 4.98 Å². The molecule has 16 heavy (non-hydrogen) atoms. The maximum Gasteiger partial charge on any atom is 0.183 e. The van der Waals surface area contributed by atoms with E-state index in [0.717, 1.165) is 46.8 Å². The van der Waals surface area contributed by atoms with Gasteiger partial charge in [-0.3, -0.25) is 0 Å². The summed E-state index contributed by atoms with van der Waals surface area (Å²) >= 11 is 3.64. The Hall–Kier alpha value is -0.880. The molecule has 4 nitrogen and oxygen atoms in total. The van der Waals surface area contributed by atoms with Gasteiger partial charge in [0.05, 0.1) is 5.01 Å². The minimum absolute atomic E-state index is 0.932. The first kappa shape index (κ1) is 10.3. The molecule has 2 aromatic heterocycles. The summed E-state index contributed by atoms with van der Waals surface area (Å²) in [5, 5.41) is 11.7. The van der Waals surface area contributed by atoms with Gasteiger partial charge in [-0.2, -0.15) is 11.8 Å². The predicted molar refractivity (Wildman–Crippen MR) is 66.9 cm³/mol. The van der Waals surface area contributed by atoms with Crippen LogP contribution in [0.3, 0.4) is 0 Å². The number of aryl methyl sites for hydroxylation is 2. The lowest BCUT2D eigenvalue weighted by Gasteiger charge is -2.03. The molecule has 0 bridgehead atoms. The number of thiazole rings is 1. The van der Waals surface area contributed by atoms with Gasteiger partial charge in [0.2, 0.25) is 0 Å². The third-order valence-electron chi connectivity index (χ3n) is 2.60. The number of hydrogen-bond donors (Lipinski definition) is 0. The maximum absolute atomic E-state index is 4.48. The largest absolute Gasteiger partial charge is 0.309 e. The van der Waals surface area contributed by atoms with Crippen LogP contribution in [0, 0.1) is 6.92 Å². The van der Waals surface area contributed by atoms with Crippen molar-refractivity contribution in [2.24, 2.45) is 0 Å². The van der Waals surface area contributed by atoms with Crippen LogP contribution >= 0.6 is 23.1 Å². The van der Waals surface area contributed by atoms with Crippen LogP contribution in [-0.4, -0.2) is 31.3 Å². The Balaban J connectivity index is 2.05. The van der Waals surface area contributed by atoms with E-state index in [1.54, 1.807) is 11.3 Å². The minimum Gasteiger partial charge on any atom is -0.309 e. The van der Waals surface area contributed by atoms with Gasteiger partial charge in [0.15, 0.2) is 5.82 Å². The molecule has 0 amide bonds. The van der Waals surface area contributed by atoms with Gasteiger partial charge < -0.3 is 4.57 Å². The standard InChI is InChI=1S/C10H12N4S2/c1-7-11-8(6-16-7)10-13-12-9-2-4-15-5-3-14(9)10/h6H,2-5H2,1H3. The highest BCUT2D eigenvalue weighted by molar-refractivity contribution is 7.99. The van der Waals surface area contributed by atoms with Crippen LogP contribution in [0.5, 0.6) is 0 Å². The third-order valence-corrected chi connectivity index (χ3v) is 4.34. The van der Waals surface area contributed by atoms with Crippen molar-refractivity contribution in [2.45, 2.75) is 19.9 Å². The molecule has 3 rings (SSSR count). The van der Waals surface area contributed by atoms with Gasteiger partial charge in [0.25, 0.3) is 0 Å². The van der Waals surface area contributed by atoms with Crippen LogP contribution < -0.4 is 0 Å². The number of aromatic nitrogens is 4. The highest BCUT2D eigenvalue weighted by Gasteiger charge is 2.17. The van der Waals surface area contributed by atoms with E-state index in [4.69, 9.17) is 0 Å². The minimum atomic E-state index is 0.932. The van der Waals surface area contributed by atoms with E-state index >= 15 is 0 Å². The molecule has 6 heteroatoms. The zero-order chi connectivity index (χ0) is 11.0. The molecule has 0 saturated carbocycles. The second-order valence-corrected chi connectivity index (χ2v) is 5.99. The van der Waals surface area contributed by atoms with Crippen molar-refractivity contribution in [2.75, 3.05) is 11.5 Å². The molecule has 0 saturated heterocycles. The Morgan fingerprint density at radius 3 is 3.06 bits per heavy atom. The van der Waals surface area contributed by atoms with Crippen molar-refractivity contribution in [3.8, 4) is 11.5 Å². The van der Waals surface area contributed by atoms with E-state index < -0.39 is 0 Å². The quantitative estimate of drug-likeness (QED) is 0.778. The van der Waals surface area contributed by atoms with Crippen molar-refractivity contribution < 1.29 is 0 Å². The zero-order valence-corrected chi connectivity index (χ0v) is 10.6. The highest BCUT2D eigenvalue weighted by atomic mass is 32.2. The molecule has 0 fully saturated rings. The molecule has 0 spiro atoms. The number of nitrogens with zero attached hydrogens (tertiary/aromatic N) is 4. The zero-order valence-electron chi connectivity index (χ0n) is 9.01. The van der Waals surface area contributed by atoms with Crippen molar-refractivity contribution in [3.63, 3.8) is 0 Å². The Morgan fingerprint density at radius 2 is 2.25 bits per heavy atom. The molecule has 0 aliphatic carbocycles. The Bertz CT molecular complexity index is 503. The van der Waals surface area contributed by atoms with Gasteiger partial charge in [0, 0.05) is 29.9 Å². The number of thioether (sulfide) groups is 1. The van der Waals surface area contributed by atoms with Crippen molar-refractivity contribution >= 4 is 23.1 Å². The predicted octanol–water partition coefficient (Wildman–Crippen LogP) is 2.00. The smallest absolute Gasteiger partial charge is 0.183 e. The molecule has 0 aromatic carbocycles. The van der Waals surface area contributed by atoms with Gasteiger partial charge in [-0.05, 0) is 6.92 Å². The lowest BCUT2D eigenvalue weighted by atomic mass is 10.4. The van der Waals surface area contributed by atoms with E-state index in [0.29, 0.717) is 0 Å². The molecule has 3 heterocycles. The first-order chi connectivity index (χ1) is 7.84. The third kappa shape index (κ3) is 1.76. The van der Waals surface area contributed by atoms with Crippen LogP contribution in [0.25, 0.3) is 11.5 Å². The van der Waals surface area contributed by atoms with Crippen LogP contribution in [0.15, 0.2) is 5.38 Å². The fraction of sp³-hybridized carbons (Fsp3) is 0.500. The maximum atomic E-state index is 4.48. The lowest BCUT2D eigenvalue weighted by Crippen LogP contribution is -2.05. The average Bonchev–Trinajstić information content (AvgIpc) is 2.79. The molecule has 84 valence electrons. The second kappa shape index (κ2) is 4.18. The summed E-state index contributed by atoms with van der Waals surface area (Å²) in [6.45, 7) is 3.02. The van der Waals surface area contributed by atoms with Gasteiger partial charge in [-0.15, -0.1) is 21.5 Å². The van der Waals surface area contributed by atoms with E-state index in [2.05, 4.69) is 25.1 Å². The van der Waals surface area contributed by atoms with Crippen LogP contribution in [0.4, 0.5) is 0 Å². The van der Waals surface area contributed by atoms with Crippen LogP contribution in [0.2, 0.25) is 0 Å². The Kier molecular flexibility index (Phi) is 2.69. The van der Waals surface area contributed by atoms with Crippen LogP contribution in [-0.2, 0) is 13.0 Å². The highest BCUT2D eigenvalue weighted by Crippen LogP contribution is 2.23. The Morgan fingerprint density at radius 1 is 1.31 bits per heavy atom. The summed E-state index contributed by atoms with van der Waals surface area (Å²) in [5.74, 6) is 4.32. The molecular formula is C10H12N4S2. The molecule has 1 aliphatic rings. The summed E-state index contributed by atoms with van der Waals surface area (Å²) in [4.78, 5) is 4.48. The topological polar surface area (TPSA) is 43.6 Å². The molecular weight excluding hydrogens is 240 g/mol. The summed E-state index contributed by atoms with van der Waals surface area (Å²) in [7, 11) is 0. The number of fused-ring (bicyclic) bond motifs is 1. The summed E-state index contributed by atoms with van der Waals surface area (Å²) in [5.41, 5.74) is 0.966. The molecule has 0 atom stereocenters. The molecule has 0 radical (unpaired) electrons. The van der Waals surface area contributed by atoms with E-state index in [1.807, 2.05) is 18.7 Å². The average molecular weight is 252 g/mol. The first-order valence-electron chi connectivity index (χ1n) is 5.27. The summed E-state index contributed by atoms with van der Waals surface area (Å²) < 4.78 is 2.22. The van der Waals surface area contributed by atoms with E-state index in [1.165, 1.54) is 0 Å². The number of hydrogen-bond acceptors (Lipinski definition) is 5. The fourth-order valence-corrected chi connectivity index (χ4v) is 3.27. The summed E-state index contributed by atoms with van der Waals surface area (Å²) in [6, 6.07) is 0. The monoisotopic (exact) mass is 252 g/mol. The van der Waals surface area contributed by atoms with E-state index in [-0.39, 0.29) is 0 Å². The van der Waals surface area contributed by atoms with Crippen LogP contribution in [0.1, 0.15) is 10.8 Å². The van der Waals surface area contributed by atoms with Gasteiger partial charge >= 0.3 is 0 Å². The Labute approximate surface area is 102 Å². The lowest BCUT2D eigenvalue weighted by molar-refractivity contribution is 0.730. The van der Waals surface area contributed by atoms with Crippen molar-refractivity contribution in [1.29, 1.82) is 0 Å². The van der Waals surface area contributed by atoms with Gasteiger partial charge in [0.1, 0.15) is 11.5 Å². The molecule has 0 unspecified atom stereocenters.